The maximum absolute atomic E-state index is 11.9. The number of benzene rings is 1. The molecule has 1 rings (SSSR count). The van der Waals surface area contributed by atoms with E-state index in [0.29, 0.717) is 16.9 Å². The second-order valence-electron chi connectivity index (χ2n) is 2.91. The number of hydrogen-bond acceptors (Lipinski definition) is 4. The summed E-state index contributed by atoms with van der Waals surface area (Å²) in [5, 5.41) is 2.77. The Labute approximate surface area is 87.2 Å². The number of nitrogens with one attached hydrogen (secondary N) is 1. The number of esters is 1. The molecule has 0 atom stereocenters. The SMILES string of the molecule is COC(=O)c1ccc(N)c(NCCF)c1. The van der Waals surface area contributed by atoms with E-state index in [4.69, 9.17) is 5.73 Å². The summed E-state index contributed by atoms with van der Waals surface area (Å²) in [5.74, 6) is -0.446. The molecule has 0 saturated heterocycles. The van der Waals surface area contributed by atoms with Crippen LogP contribution >= 0.6 is 0 Å². The quantitative estimate of drug-likeness (QED) is 0.585. The lowest BCUT2D eigenvalue weighted by atomic mass is 10.1. The first-order chi connectivity index (χ1) is 7.19. The number of carbonyl (C=O) groups is 1. The maximum atomic E-state index is 11.9. The third-order valence-electron chi connectivity index (χ3n) is 1.88. The van der Waals surface area contributed by atoms with Gasteiger partial charge in [0.05, 0.1) is 24.0 Å². The van der Waals surface area contributed by atoms with Crippen LogP contribution in [0.2, 0.25) is 0 Å². The van der Waals surface area contributed by atoms with Crippen molar-refractivity contribution in [2.45, 2.75) is 0 Å². The Hall–Kier alpha value is -1.78. The highest BCUT2D eigenvalue weighted by molar-refractivity contribution is 5.91. The standard InChI is InChI=1S/C10H13FN2O2/c1-15-10(14)7-2-3-8(12)9(6-7)13-5-4-11/h2-3,6,13H,4-5,12H2,1H3. The molecule has 4 nitrogen and oxygen atoms in total. The van der Waals surface area contributed by atoms with Crippen LogP contribution in [0.3, 0.4) is 0 Å². The van der Waals surface area contributed by atoms with Gasteiger partial charge in [-0.25, -0.2) is 9.18 Å². The fourth-order valence-corrected chi connectivity index (χ4v) is 1.14. The van der Waals surface area contributed by atoms with Gasteiger partial charge in [-0.1, -0.05) is 0 Å². The highest BCUT2D eigenvalue weighted by Crippen LogP contribution is 2.20. The van der Waals surface area contributed by atoms with E-state index in [9.17, 15) is 9.18 Å². The molecule has 0 saturated carbocycles. The first-order valence-electron chi connectivity index (χ1n) is 4.46. The molecule has 3 N–H and O–H groups in total. The molecule has 0 aliphatic rings. The lowest BCUT2D eigenvalue weighted by Crippen LogP contribution is -2.08. The van der Waals surface area contributed by atoms with Crippen LogP contribution in [0.1, 0.15) is 10.4 Å². The van der Waals surface area contributed by atoms with Crippen LogP contribution in [0.15, 0.2) is 18.2 Å². The first kappa shape index (κ1) is 11.3. The lowest BCUT2D eigenvalue weighted by Gasteiger charge is -2.08. The van der Waals surface area contributed by atoms with E-state index in [1.807, 2.05) is 0 Å². The predicted molar refractivity (Wildman–Crippen MR) is 56.7 cm³/mol. The van der Waals surface area contributed by atoms with Crippen LogP contribution in [0.4, 0.5) is 15.8 Å². The molecule has 0 aliphatic carbocycles. The van der Waals surface area contributed by atoms with E-state index >= 15 is 0 Å². The van der Waals surface area contributed by atoms with E-state index < -0.39 is 12.6 Å². The number of halogens is 1. The van der Waals surface area contributed by atoms with E-state index in [0.717, 1.165) is 0 Å². The molecule has 0 fully saturated rings. The number of nitrogen functional groups attached to an aromatic ring is 1. The fourth-order valence-electron chi connectivity index (χ4n) is 1.14. The van der Waals surface area contributed by atoms with Crippen LogP contribution in [0.25, 0.3) is 0 Å². The van der Waals surface area contributed by atoms with E-state index in [1.165, 1.54) is 13.2 Å². The summed E-state index contributed by atoms with van der Waals surface area (Å²) in [7, 11) is 1.30. The van der Waals surface area contributed by atoms with Crippen LogP contribution in [-0.2, 0) is 4.74 Å². The highest BCUT2D eigenvalue weighted by atomic mass is 19.1. The number of methoxy groups -OCH3 is 1. The molecule has 5 heteroatoms. The van der Waals surface area contributed by atoms with Gasteiger partial charge >= 0.3 is 5.97 Å². The Morgan fingerprint density at radius 2 is 2.33 bits per heavy atom. The third-order valence-corrected chi connectivity index (χ3v) is 1.88. The lowest BCUT2D eigenvalue weighted by molar-refractivity contribution is 0.0601. The van der Waals surface area contributed by atoms with Gasteiger partial charge in [-0.2, -0.15) is 0 Å². The van der Waals surface area contributed by atoms with Gasteiger partial charge in [0.15, 0.2) is 0 Å². The smallest absolute Gasteiger partial charge is 0.337 e. The largest absolute Gasteiger partial charge is 0.465 e. The van der Waals surface area contributed by atoms with Gasteiger partial charge in [0, 0.05) is 6.54 Å². The van der Waals surface area contributed by atoms with Gasteiger partial charge in [0.25, 0.3) is 0 Å². The van der Waals surface area contributed by atoms with Gasteiger partial charge in [-0.05, 0) is 18.2 Å². The minimum Gasteiger partial charge on any atom is -0.465 e. The molecule has 0 aliphatic heterocycles. The number of anilines is 2. The maximum Gasteiger partial charge on any atom is 0.337 e. The van der Waals surface area contributed by atoms with Gasteiger partial charge in [0.1, 0.15) is 6.67 Å². The minimum absolute atomic E-state index is 0.162. The van der Waals surface area contributed by atoms with Crippen molar-refractivity contribution in [1.29, 1.82) is 0 Å². The molecule has 1 aromatic rings. The summed E-state index contributed by atoms with van der Waals surface area (Å²) in [6, 6.07) is 4.67. The van der Waals surface area contributed by atoms with Crippen molar-refractivity contribution < 1.29 is 13.9 Å². The molecule has 15 heavy (non-hydrogen) atoms. The number of carbonyl (C=O) groups excluding carboxylic acids is 1. The molecular weight excluding hydrogens is 199 g/mol. The molecule has 0 spiro atoms. The minimum atomic E-state index is -0.498. The zero-order valence-electron chi connectivity index (χ0n) is 8.42. The van der Waals surface area contributed by atoms with E-state index in [1.54, 1.807) is 12.1 Å². The second-order valence-corrected chi connectivity index (χ2v) is 2.91. The number of alkyl halides is 1. The molecule has 0 amide bonds. The monoisotopic (exact) mass is 212 g/mol. The normalized spacial score (nSPS) is 9.73. The summed E-state index contributed by atoms with van der Waals surface area (Å²) in [5.41, 5.74) is 7.02. The Morgan fingerprint density at radius 3 is 2.93 bits per heavy atom. The predicted octanol–water partition coefficient (Wildman–Crippen LogP) is 1.44. The Morgan fingerprint density at radius 1 is 1.60 bits per heavy atom. The number of hydrogen-bond donors (Lipinski definition) is 2. The zero-order chi connectivity index (χ0) is 11.3. The van der Waals surface area contributed by atoms with Gasteiger partial charge in [-0.3, -0.25) is 0 Å². The van der Waals surface area contributed by atoms with Gasteiger partial charge in [0.2, 0.25) is 0 Å². The van der Waals surface area contributed by atoms with Crippen LogP contribution < -0.4 is 11.1 Å². The summed E-state index contributed by atoms with van der Waals surface area (Å²) >= 11 is 0. The average Bonchev–Trinajstić information content (AvgIpc) is 2.27. The van der Waals surface area contributed by atoms with E-state index in [-0.39, 0.29) is 6.54 Å². The molecule has 0 bridgehead atoms. The molecule has 0 aromatic heterocycles. The van der Waals surface area contributed by atoms with Crippen molar-refractivity contribution >= 4 is 17.3 Å². The molecule has 0 unspecified atom stereocenters. The van der Waals surface area contributed by atoms with Crippen LogP contribution in [0.5, 0.6) is 0 Å². The Bertz CT molecular complexity index is 355. The van der Waals surface area contributed by atoms with Crippen molar-refractivity contribution in [3.63, 3.8) is 0 Å². The van der Waals surface area contributed by atoms with Crippen molar-refractivity contribution in [2.75, 3.05) is 31.4 Å². The van der Waals surface area contributed by atoms with E-state index in [2.05, 4.69) is 10.1 Å². The van der Waals surface area contributed by atoms with Crippen molar-refractivity contribution in [2.24, 2.45) is 0 Å². The summed E-state index contributed by atoms with van der Waals surface area (Å²) < 4.78 is 16.5. The highest BCUT2D eigenvalue weighted by Gasteiger charge is 2.07. The fraction of sp³-hybridized carbons (Fsp3) is 0.300. The number of nitrogens with two attached hydrogens (primary N) is 1. The molecule has 1 aromatic carbocycles. The molecule has 0 radical (unpaired) electrons. The summed E-state index contributed by atoms with van der Waals surface area (Å²) in [6.07, 6.45) is 0. The Kier molecular flexibility index (Phi) is 3.91. The van der Waals surface area contributed by atoms with Crippen molar-refractivity contribution in [3.8, 4) is 0 Å². The van der Waals surface area contributed by atoms with Crippen LogP contribution in [0, 0.1) is 0 Å². The van der Waals surface area contributed by atoms with Gasteiger partial charge < -0.3 is 15.8 Å². The first-order valence-corrected chi connectivity index (χ1v) is 4.46. The third kappa shape index (κ3) is 2.83. The molecule has 82 valence electrons. The summed E-state index contributed by atoms with van der Waals surface area (Å²) in [6.45, 7) is -0.337. The second kappa shape index (κ2) is 5.19. The van der Waals surface area contributed by atoms with Crippen molar-refractivity contribution in [1.82, 2.24) is 0 Å². The molecular formula is C10H13FN2O2. The average molecular weight is 212 g/mol. The van der Waals surface area contributed by atoms with Crippen molar-refractivity contribution in [3.05, 3.63) is 23.8 Å². The van der Waals surface area contributed by atoms with Gasteiger partial charge in [-0.15, -0.1) is 0 Å². The Balaban J connectivity index is 2.89. The topological polar surface area (TPSA) is 64.3 Å². The number of rotatable bonds is 4. The molecule has 0 heterocycles. The van der Waals surface area contributed by atoms with Crippen LogP contribution in [-0.4, -0.2) is 26.3 Å². The summed E-state index contributed by atoms with van der Waals surface area (Å²) in [4.78, 5) is 11.2. The zero-order valence-corrected chi connectivity index (χ0v) is 8.42. The number of ether oxygens (including phenoxy) is 1.